The van der Waals surface area contributed by atoms with Crippen LogP contribution in [0.25, 0.3) is 0 Å². The first-order chi connectivity index (χ1) is 7.19. The van der Waals surface area contributed by atoms with Gasteiger partial charge in [0.25, 0.3) is 0 Å². The quantitative estimate of drug-likeness (QED) is 0.786. The number of phenolic OH excluding ortho intramolecular Hbond substituents is 1. The molecular weight excluding hydrogens is 216 g/mol. The van der Waals surface area contributed by atoms with Crippen LogP contribution < -0.4 is 4.74 Å². The summed E-state index contributed by atoms with van der Waals surface area (Å²) in [5.74, 6) is 0.411. The van der Waals surface area contributed by atoms with Crippen LogP contribution in [0.3, 0.4) is 0 Å². The maximum Gasteiger partial charge on any atom is 0.152 e. The lowest BCUT2D eigenvalue weighted by atomic mass is 10.1. The Bertz CT molecular complexity index is 350. The molecule has 4 heteroatoms. The fourth-order valence-corrected chi connectivity index (χ4v) is 1.36. The third-order valence-electron chi connectivity index (χ3n) is 1.93. The van der Waals surface area contributed by atoms with Crippen molar-refractivity contribution in [3.05, 3.63) is 23.8 Å². The highest BCUT2D eigenvalue weighted by atomic mass is 35.5. The van der Waals surface area contributed by atoms with Crippen molar-refractivity contribution in [1.29, 1.82) is 0 Å². The van der Waals surface area contributed by atoms with Crippen molar-refractivity contribution in [3.8, 4) is 11.5 Å². The van der Waals surface area contributed by atoms with Crippen LogP contribution in [-0.4, -0.2) is 23.4 Å². The molecule has 0 aliphatic rings. The number of carbonyl (C=O) groups is 1. The van der Waals surface area contributed by atoms with Gasteiger partial charge in [0, 0.05) is 12.0 Å². The summed E-state index contributed by atoms with van der Waals surface area (Å²) in [6, 6.07) is 4.93. The first-order valence-corrected chi connectivity index (χ1v) is 5.23. The summed E-state index contributed by atoms with van der Waals surface area (Å²) in [4.78, 5) is 11.2. The minimum atomic E-state index is -0.140. The molecule has 15 heavy (non-hydrogen) atoms. The first-order valence-electron chi connectivity index (χ1n) is 4.70. The number of benzene rings is 1. The van der Waals surface area contributed by atoms with Gasteiger partial charge in [-0.2, -0.15) is 0 Å². The van der Waals surface area contributed by atoms with Gasteiger partial charge in [0.15, 0.2) is 5.78 Å². The summed E-state index contributed by atoms with van der Waals surface area (Å²) in [5.41, 5.74) is 0.505. The van der Waals surface area contributed by atoms with E-state index >= 15 is 0 Å². The Kier molecular flexibility index (Phi) is 4.43. The first kappa shape index (κ1) is 11.9. The highest BCUT2D eigenvalue weighted by Crippen LogP contribution is 2.28. The average molecular weight is 229 g/mol. The lowest BCUT2D eigenvalue weighted by Crippen LogP contribution is -2.06. The number of alkyl halides is 1. The molecule has 0 bridgehead atoms. The van der Waals surface area contributed by atoms with E-state index < -0.39 is 0 Å². The molecule has 0 heterocycles. The predicted molar refractivity (Wildman–Crippen MR) is 58.7 cm³/mol. The molecule has 0 saturated carbocycles. The summed E-state index contributed by atoms with van der Waals surface area (Å²) >= 11 is 5.41. The molecule has 0 aromatic heterocycles. The molecule has 3 nitrogen and oxygen atoms in total. The second kappa shape index (κ2) is 5.61. The van der Waals surface area contributed by atoms with Crippen molar-refractivity contribution in [2.75, 3.05) is 12.5 Å². The number of hydrogen-bond acceptors (Lipinski definition) is 3. The van der Waals surface area contributed by atoms with Gasteiger partial charge in [-0.3, -0.25) is 4.79 Å². The zero-order valence-electron chi connectivity index (χ0n) is 8.50. The Morgan fingerprint density at radius 3 is 2.87 bits per heavy atom. The van der Waals surface area contributed by atoms with Crippen LogP contribution in [-0.2, 0) is 11.2 Å². The van der Waals surface area contributed by atoms with E-state index in [0.717, 1.165) is 0 Å². The normalized spacial score (nSPS) is 10.0. The maximum atomic E-state index is 11.2. The van der Waals surface area contributed by atoms with Crippen LogP contribution in [0, 0.1) is 0 Å². The molecule has 0 spiro atoms. The van der Waals surface area contributed by atoms with E-state index in [1.807, 2.05) is 6.92 Å². The average Bonchev–Trinajstić information content (AvgIpc) is 2.23. The number of rotatable bonds is 5. The largest absolute Gasteiger partial charge is 0.508 e. The molecular formula is C11H13ClO3. The number of Topliss-reactive ketones (excluding diaryl/α,β-unsaturated/α-hetero) is 1. The standard InChI is InChI=1S/C11H13ClO3/c1-2-15-11-5-3-4-10(14)9(11)6-8(13)7-12/h3-5,14H,2,6-7H2,1H3. The number of ether oxygens (including phenoxy) is 1. The predicted octanol–water partition coefficient (Wildman–Crippen LogP) is 2.14. The summed E-state index contributed by atoms with van der Waals surface area (Å²) in [7, 11) is 0. The molecule has 0 radical (unpaired) electrons. The van der Waals surface area contributed by atoms with Crippen LogP contribution in [0.4, 0.5) is 0 Å². The third-order valence-corrected chi connectivity index (χ3v) is 2.23. The highest BCUT2D eigenvalue weighted by Gasteiger charge is 2.12. The molecule has 0 atom stereocenters. The van der Waals surface area contributed by atoms with Gasteiger partial charge in [0.1, 0.15) is 11.5 Å². The van der Waals surface area contributed by atoms with E-state index in [1.54, 1.807) is 12.1 Å². The van der Waals surface area contributed by atoms with Crippen molar-refractivity contribution in [3.63, 3.8) is 0 Å². The van der Waals surface area contributed by atoms with Gasteiger partial charge in [-0.25, -0.2) is 0 Å². The second-order valence-corrected chi connectivity index (χ2v) is 3.30. The van der Waals surface area contributed by atoms with E-state index in [2.05, 4.69) is 0 Å². The summed E-state index contributed by atoms with van der Waals surface area (Å²) < 4.78 is 5.31. The maximum absolute atomic E-state index is 11.2. The van der Waals surface area contributed by atoms with E-state index in [4.69, 9.17) is 16.3 Å². The van der Waals surface area contributed by atoms with Crippen LogP contribution in [0.2, 0.25) is 0 Å². The van der Waals surface area contributed by atoms with Gasteiger partial charge in [0.05, 0.1) is 12.5 Å². The Morgan fingerprint density at radius 2 is 2.27 bits per heavy atom. The van der Waals surface area contributed by atoms with Gasteiger partial charge >= 0.3 is 0 Å². The van der Waals surface area contributed by atoms with E-state index in [1.165, 1.54) is 6.07 Å². The van der Waals surface area contributed by atoms with Gasteiger partial charge in [-0.05, 0) is 19.1 Å². The molecule has 82 valence electrons. The SMILES string of the molecule is CCOc1cccc(O)c1CC(=O)CCl. The number of ketones is 1. The zero-order valence-corrected chi connectivity index (χ0v) is 9.25. The minimum Gasteiger partial charge on any atom is -0.508 e. The van der Waals surface area contributed by atoms with Gasteiger partial charge in [-0.1, -0.05) is 6.07 Å². The summed E-state index contributed by atoms with van der Waals surface area (Å²) in [6.07, 6.45) is 0.103. The van der Waals surface area contributed by atoms with Gasteiger partial charge in [0.2, 0.25) is 0 Å². The smallest absolute Gasteiger partial charge is 0.152 e. The number of hydrogen-bond donors (Lipinski definition) is 1. The third kappa shape index (κ3) is 3.13. The number of aromatic hydroxyl groups is 1. The topological polar surface area (TPSA) is 46.5 Å². The van der Waals surface area contributed by atoms with E-state index in [9.17, 15) is 9.90 Å². The van der Waals surface area contributed by atoms with Crippen molar-refractivity contribution in [2.45, 2.75) is 13.3 Å². The van der Waals surface area contributed by atoms with Crippen molar-refractivity contribution in [2.24, 2.45) is 0 Å². The van der Waals surface area contributed by atoms with Crippen LogP contribution in [0.5, 0.6) is 11.5 Å². The van der Waals surface area contributed by atoms with Crippen molar-refractivity contribution < 1.29 is 14.6 Å². The molecule has 0 unspecified atom stereocenters. The van der Waals surface area contributed by atoms with Crippen molar-refractivity contribution in [1.82, 2.24) is 0 Å². The van der Waals surface area contributed by atoms with Crippen LogP contribution in [0.15, 0.2) is 18.2 Å². The molecule has 0 aliphatic heterocycles. The van der Waals surface area contributed by atoms with Crippen LogP contribution in [0.1, 0.15) is 12.5 Å². The Labute approximate surface area is 93.6 Å². The Hall–Kier alpha value is -1.22. The van der Waals surface area contributed by atoms with Crippen LogP contribution >= 0.6 is 11.6 Å². The van der Waals surface area contributed by atoms with Gasteiger partial charge in [-0.15, -0.1) is 11.6 Å². The molecule has 0 amide bonds. The van der Waals surface area contributed by atoms with E-state index in [-0.39, 0.29) is 23.8 Å². The monoisotopic (exact) mass is 228 g/mol. The zero-order chi connectivity index (χ0) is 11.3. The Balaban J connectivity index is 2.96. The molecule has 1 aromatic carbocycles. The lowest BCUT2D eigenvalue weighted by Gasteiger charge is -2.10. The molecule has 0 saturated heterocycles. The van der Waals surface area contributed by atoms with Crippen molar-refractivity contribution >= 4 is 17.4 Å². The minimum absolute atomic E-state index is 0.0557. The molecule has 0 aliphatic carbocycles. The lowest BCUT2D eigenvalue weighted by molar-refractivity contribution is -0.116. The fourth-order valence-electron chi connectivity index (χ4n) is 1.27. The van der Waals surface area contributed by atoms with Gasteiger partial charge < -0.3 is 9.84 Å². The Morgan fingerprint density at radius 1 is 1.53 bits per heavy atom. The summed E-state index contributed by atoms with van der Waals surface area (Å²) in [6.45, 7) is 2.34. The molecule has 0 fully saturated rings. The molecule has 1 aromatic rings. The molecule has 1 N–H and O–H groups in total. The molecule has 1 rings (SSSR count). The second-order valence-electron chi connectivity index (χ2n) is 3.04. The fraction of sp³-hybridized carbons (Fsp3) is 0.364. The highest BCUT2D eigenvalue weighted by molar-refractivity contribution is 6.27. The number of carbonyl (C=O) groups excluding carboxylic acids is 1. The number of phenols is 1. The summed E-state index contributed by atoms with van der Waals surface area (Å²) in [5, 5.41) is 9.59. The van der Waals surface area contributed by atoms with E-state index in [0.29, 0.717) is 17.9 Å². The number of halogens is 1.